The Hall–Kier alpha value is -1.53. The minimum atomic E-state index is -0.761. The quantitative estimate of drug-likeness (QED) is 0.934. The van der Waals surface area contributed by atoms with Gasteiger partial charge in [-0.15, -0.1) is 0 Å². The monoisotopic (exact) mass is 338 g/mol. The van der Waals surface area contributed by atoms with E-state index in [0.29, 0.717) is 25.5 Å². The molecule has 0 amide bonds. The van der Waals surface area contributed by atoms with Crippen LogP contribution in [0.3, 0.4) is 0 Å². The van der Waals surface area contributed by atoms with Gasteiger partial charge in [0.25, 0.3) is 0 Å². The van der Waals surface area contributed by atoms with Crippen molar-refractivity contribution in [3.05, 3.63) is 40.1 Å². The number of nitrogens with zero attached hydrogens (tertiary/aromatic N) is 2. The molecule has 20 heavy (non-hydrogen) atoms. The fourth-order valence-corrected chi connectivity index (χ4v) is 2.80. The molecule has 1 aliphatic rings. The summed E-state index contributed by atoms with van der Waals surface area (Å²) < 4.78 is 13.6. The molecule has 0 radical (unpaired) electrons. The van der Waals surface area contributed by atoms with Crippen LogP contribution < -0.4 is 9.47 Å². The van der Waals surface area contributed by atoms with Crippen molar-refractivity contribution in [1.29, 1.82) is 0 Å². The molecule has 0 spiro atoms. The Kier molecular flexibility index (Phi) is 3.67. The second-order valence-corrected chi connectivity index (χ2v) is 5.35. The van der Waals surface area contributed by atoms with Crippen LogP contribution in [0.1, 0.15) is 24.3 Å². The molecule has 1 aliphatic heterocycles. The van der Waals surface area contributed by atoms with E-state index < -0.39 is 6.10 Å². The zero-order valence-electron chi connectivity index (χ0n) is 11.0. The molecule has 0 bridgehead atoms. The lowest BCUT2D eigenvalue weighted by Gasteiger charge is -2.20. The predicted octanol–water partition coefficient (Wildman–Crippen LogP) is 2.52. The van der Waals surface area contributed by atoms with Crippen LogP contribution in [0.5, 0.6) is 11.5 Å². The third-order valence-corrected chi connectivity index (χ3v) is 3.88. The van der Waals surface area contributed by atoms with Crippen LogP contribution in [0.15, 0.2) is 28.9 Å². The van der Waals surface area contributed by atoms with Crippen molar-refractivity contribution in [1.82, 2.24) is 9.78 Å². The number of ether oxygens (including phenoxy) is 2. The summed E-state index contributed by atoms with van der Waals surface area (Å²) in [7, 11) is 0. The van der Waals surface area contributed by atoms with Crippen LogP contribution in [0.25, 0.3) is 0 Å². The molecule has 2 heterocycles. The fraction of sp³-hybridized carbons (Fsp3) is 0.357. The molecule has 0 fully saturated rings. The van der Waals surface area contributed by atoms with Crippen molar-refractivity contribution in [3.8, 4) is 11.5 Å². The standard InChI is InChI=1S/C14H15BrN2O3/c1-2-17-13(10(15)8-16-17)14(18)9-3-4-11-12(7-9)20-6-5-19-11/h3-4,7-8,14,18H,2,5-6H2,1H3. The Morgan fingerprint density at radius 1 is 1.35 bits per heavy atom. The zero-order chi connectivity index (χ0) is 14.1. The molecule has 106 valence electrons. The number of fused-ring (bicyclic) bond motifs is 1. The summed E-state index contributed by atoms with van der Waals surface area (Å²) >= 11 is 3.43. The van der Waals surface area contributed by atoms with Gasteiger partial charge in [-0.05, 0) is 40.5 Å². The molecule has 1 unspecified atom stereocenters. The lowest BCUT2D eigenvalue weighted by molar-refractivity contribution is 0.169. The summed E-state index contributed by atoms with van der Waals surface area (Å²) in [6.45, 7) is 3.77. The van der Waals surface area contributed by atoms with Gasteiger partial charge in [0.1, 0.15) is 19.3 Å². The first kappa shape index (κ1) is 13.5. The Balaban J connectivity index is 1.97. The molecule has 6 heteroatoms. The smallest absolute Gasteiger partial charge is 0.161 e. The number of halogens is 1. The van der Waals surface area contributed by atoms with Crippen molar-refractivity contribution in [3.63, 3.8) is 0 Å². The number of aliphatic hydroxyl groups excluding tert-OH is 1. The Morgan fingerprint density at radius 2 is 2.10 bits per heavy atom. The van der Waals surface area contributed by atoms with Crippen LogP contribution in [0.4, 0.5) is 0 Å². The van der Waals surface area contributed by atoms with Gasteiger partial charge in [0.2, 0.25) is 0 Å². The molecule has 1 aromatic heterocycles. The molecule has 2 aromatic rings. The molecule has 0 aliphatic carbocycles. The van der Waals surface area contributed by atoms with Crippen LogP contribution in [-0.4, -0.2) is 28.1 Å². The first-order valence-electron chi connectivity index (χ1n) is 6.49. The molecule has 0 saturated heterocycles. The maximum atomic E-state index is 10.6. The summed E-state index contributed by atoms with van der Waals surface area (Å²) in [5, 5.41) is 14.8. The van der Waals surface area contributed by atoms with Crippen LogP contribution >= 0.6 is 15.9 Å². The van der Waals surface area contributed by atoms with Gasteiger partial charge in [0.05, 0.1) is 16.4 Å². The van der Waals surface area contributed by atoms with E-state index in [0.717, 1.165) is 21.5 Å². The van der Waals surface area contributed by atoms with Gasteiger partial charge < -0.3 is 14.6 Å². The van der Waals surface area contributed by atoms with E-state index in [1.54, 1.807) is 10.9 Å². The summed E-state index contributed by atoms with van der Waals surface area (Å²) in [5.74, 6) is 1.39. The number of rotatable bonds is 3. The average molecular weight is 339 g/mol. The highest BCUT2D eigenvalue weighted by Crippen LogP contribution is 2.35. The second-order valence-electron chi connectivity index (χ2n) is 4.50. The first-order valence-corrected chi connectivity index (χ1v) is 7.28. The molecule has 1 aromatic carbocycles. The molecule has 5 nitrogen and oxygen atoms in total. The molecule has 1 N–H and O–H groups in total. The van der Waals surface area contributed by atoms with Gasteiger partial charge in [0, 0.05) is 6.54 Å². The van der Waals surface area contributed by atoms with Crippen molar-refractivity contribution < 1.29 is 14.6 Å². The number of hydrogen-bond acceptors (Lipinski definition) is 4. The van der Waals surface area contributed by atoms with E-state index >= 15 is 0 Å². The van der Waals surface area contributed by atoms with E-state index in [2.05, 4.69) is 21.0 Å². The summed E-state index contributed by atoms with van der Waals surface area (Å²) in [6, 6.07) is 5.49. The summed E-state index contributed by atoms with van der Waals surface area (Å²) in [6.07, 6.45) is 0.933. The Bertz CT molecular complexity index is 627. The normalized spacial score (nSPS) is 15.2. The van der Waals surface area contributed by atoms with Gasteiger partial charge in [0.15, 0.2) is 11.5 Å². The Labute approximate surface area is 125 Å². The molecular weight excluding hydrogens is 324 g/mol. The van der Waals surface area contributed by atoms with Gasteiger partial charge in [-0.2, -0.15) is 5.10 Å². The number of benzene rings is 1. The fourth-order valence-electron chi connectivity index (χ4n) is 2.28. The summed E-state index contributed by atoms with van der Waals surface area (Å²) in [4.78, 5) is 0. The van der Waals surface area contributed by atoms with Gasteiger partial charge in [-0.25, -0.2) is 0 Å². The van der Waals surface area contributed by atoms with Gasteiger partial charge in [-0.1, -0.05) is 6.07 Å². The van der Waals surface area contributed by atoms with Crippen molar-refractivity contribution >= 4 is 15.9 Å². The number of aryl methyl sites for hydroxylation is 1. The topological polar surface area (TPSA) is 56.5 Å². The molecule has 0 saturated carbocycles. The van der Waals surface area contributed by atoms with Crippen molar-refractivity contribution in [2.75, 3.05) is 13.2 Å². The predicted molar refractivity (Wildman–Crippen MR) is 77.1 cm³/mol. The SMILES string of the molecule is CCn1ncc(Br)c1C(O)c1ccc2c(c1)OCCO2. The minimum Gasteiger partial charge on any atom is -0.486 e. The third-order valence-electron chi connectivity index (χ3n) is 3.27. The van der Waals surface area contributed by atoms with Crippen LogP contribution in [-0.2, 0) is 6.54 Å². The largest absolute Gasteiger partial charge is 0.486 e. The highest BCUT2D eigenvalue weighted by Gasteiger charge is 2.21. The van der Waals surface area contributed by atoms with Crippen LogP contribution in [0, 0.1) is 0 Å². The number of aromatic nitrogens is 2. The lowest BCUT2D eigenvalue weighted by Crippen LogP contribution is -2.16. The van der Waals surface area contributed by atoms with Crippen molar-refractivity contribution in [2.45, 2.75) is 19.6 Å². The van der Waals surface area contributed by atoms with E-state index in [1.807, 2.05) is 25.1 Å². The molecular formula is C14H15BrN2O3. The third kappa shape index (κ3) is 2.29. The Morgan fingerprint density at radius 3 is 2.85 bits per heavy atom. The number of hydrogen-bond donors (Lipinski definition) is 1. The van der Waals surface area contributed by atoms with E-state index in [1.165, 1.54) is 0 Å². The average Bonchev–Trinajstić information content (AvgIpc) is 2.87. The van der Waals surface area contributed by atoms with Crippen molar-refractivity contribution in [2.24, 2.45) is 0 Å². The first-order chi connectivity index (χ1) is 9.70. The number of aliphatic hydroxyl groups is 1. The van der Waals surface area contributed by atoms with Crippen LogP contribution in [0.2, 0.25) is 0 Å². The second kappa shape index (κ2) is 5.46. The maximum absolute atomic E-state index is 10.6. The highest BCUT2D eigenvalue weighted by atomic mass is 79.9. The maximum Gasteiger partial charge on any atom is 0.161 e. The van der Waals surface area contributed by atoms with E-state index in [9.17, 15) is 5.11 Å². The zero-order valence-corrected chi connectivity index (χ0v) is 12.6. The minimum absolute atomic E-state index is 0.531. The summed E-state index contributed by atoms with van der Waals surface area (Å²) in [5.41, 5.74) is 1.49. The highest BCUT2D eigenvalue weighted by molar-refractivity contribution is 9.10. The van der Waals surface area contributed by atoms with Gasteiger partial charge >= 0.3 is 0 Å². The van der Waals surface area contributed by atoms with E-state index in [-0.39, 0.29) is 0 Å². The molecule has 1 atom stereocenters. The van der Waals surface area contributed by atoms with Gasteiger partial charge in [-0.3, -0.25) is 4.68 Å². The van der Waals surface area contributed by atoms with E-state index in [4.69, 9.17) is 9.47 Å². The lowest BCUT2D eigenvalue weighted by atomic mass is 10.1. The molecule has 3 rings (SSSR count).